The lowest BCUT2D eigenvalue weighted by Crippen LogP contribution is -2.21. The van der Waals surface area contributed by atoms with Crippen molar-refractivity contribution in [2.75, 3.05) is 0 Å². The zero-order valence-corrected chi connectivity index (χ0v) is 10.3. The molecule has 1 aromatic carbocycles. The maximum absolute atomic E-state index is 3.78. The third kappa shape index (κ3) is 1.02. The third-order valence-electron chi connectivity index (χ3n) is 3.38. The molecule has 2 aliphatic rings. The maximum atomic E-state index is 3.78. The summed E-state index contributed by atoms with van der Waals surface area (Å²) in [5, 5.41) is 0. The zero-order chi connectivity index (χ0) is 9.00. The van der Waals surface area contributed by atoms with Crippen LogP contribution in [0, 0.1) is 0 Å². The lowest BCUT2D eigenvalue weighted by molar-refractivity contribution is 0.771. The maximum Gasteiger partial charge on any atom is 0.0345 e. The average Bonchev–Trinajstić information content (AvgIpc) is 2.66. The van der Waals surface area contributed by atoms with Crippen LogP contribution in [-0.2, 0) is 0 Å². The first kappa shape index (κ1) is 8.49. The van der Waals surface area contributed by atoms with Crippen LogP contribution in [0.3, 0.4) is 0 Å². The molecule has 0 amide bonds. The topological polar surface area (TPSA) is 0 Å². The quantitative estimate of drug-likeness (QED) is 0.640. The van der Waals surface area contributed by atoms with Crippen LogP contribution in [0.5, 0.6) is 0 Å². The van der Waals surface area contributed by atoms with Gasteiger partial charge in [0.25, 0.3) is 0 Å². The molecule has 1 aromatic rings. The van der Waals surface area contributed by atoms with Gasteiger partial charge in [-0.05, 0) is 29.4 Å². The molecule has 2 aliphatic carbocycles. The molecule has 13 heavy (non-hydrogen) atoms. The molecule has 2 heteroatoms. The van der Waals surface area contributed by atoms with E-state index in [2.05, 4.69) is 56.1 Å². The van der Waals surface area contributed by atoms with Gasteiger partial charge in [-0.25, -0.2) is 0 Å². The van der Waals surface area contributed by atoms with Gasteiger partial charge in [0.05, 0.1) is 0 Å². The summed E-state index contributed by atoms with van der Waals surface area (Å²) in [6.45, 7) is 0. The fraction of sp³-hybridized carbons (Fsp3) is 0.455. The van der Waals surface area contributed by atoms with Crippen molar-refractivity contribution in [1.29, 1.82) is 0 Å². The molecule has 0 N–H and O–H groups in total. The number of hydrogen-bond acceptors (Lipinski definition) is 0. The molecule has 4 atom stereocenters. The van der Waals surface area contributed by atoms with E-state index in [1.54, 1.807) is 11.1 Å². The molecule has 2 bridgehead atoms. The normalized spacial score (nSPS) is 40.8. The monoisotopic (exact) mass is 300 g/mol. The minimum absolute atomic E-state index is 0.632. The molecule has 0 nitrogen and oxygen atoms in total. The fourth-order valence-corrected chi connectivity index (χ4v) is 4.50. The summed E-state index contributed by atoms with van der Waals surface area (Å²) < 4.78 is 0. The van der Waals surface area contributed by atoms with Crippen molar-refractivity contribution in [2.24, 2.45) is 0 Å². The van der Waals surface area contributed by atoms with Crippen LogP contribution < -0.4 is 0 Å². The highest BCUT2D eigenvalue weighted by Gasteiger charge is 2.48. The standard InChI is InChI=1S/C11H10Br2/c12-10-8-5-9(11(10)13)7-4-2-1-3-6(7)8/h1-4,8-11H,5H2. The summed E-state index contributed by atoms with van der Waals surface area (Å²) in [5.41, 5.74) is 3.15. The van der Waals surface area contributed by atoms with E-state index in [0.29, 0.717) is 9.65 Å². The second-order valence-corrected chi connectivity index (χ2v) is 6.08. The Labute approximate surface area is 95.0 Å². The lowest BCUT2D eigenvalue weighted by atomic mass is 9.92. The zero-order valence-electron chi connectivity index (χ0n) is 7.08. The van der Waals surface area contributed by atoms with Crippen molar-refractivity contribution in [2.45, 2.75) is 27.9 Å². The highest BCUT2D eigenvalue weighted by atomic mass is 79.9. The Morgan fingerprint density at radius 2 is 1.38 bits per heavy atom. The lowest BCUT2D eigenvalue weighted by Gasteiger charge is -2.24. The van der Waals surface area contributed by atoms with Crippen LogP contribution in [0.4, 0.5) is 0 Å². The van der Waals surface area contributed by atoms with Crippen molar-refractivity contribution in [1.82, 2.24) is 0 Å². The van der Waals surface area contributed by atoms with Gasteiger partial charge in [0.15, 0.2) is 0 Å². The molecular formula is C11H10Br2. The van der Waals surface area contributed by atoms with E-state index >= 15 is 0 Å². The van der Waals surface area contributed by atoms with E-state index in [1.165, 1.54) is 6.42 Å². The first-order valence-electron chi connectivity index (χ1n) is 4.66. The summed E-state index contributed by atoms with van der Waals surface area (Å²) in [4.78, 5) is 1.26. The largest absolute Gasteiger partial charge is 0.0872 e. The van der Waals surface area contributed by atoms with Crippen LogP contribution in [-0.4, -0.2) is 9.65 Å². The molecule has 0 spiro atoms. The number of fused-ring (bicyclic) bond motifs is 5. The van der Waals surface area contributed by atoms with Gasteiger partial charge in [0, 0.05) is 9.65 Å². The molecule has 1 saturated carbocycles. The Balaban J connectivity index is 2.16. The van der Waals surface area contributed by atoms with Crippen LogP contribution in [0.2, 0.25) is 0 Å². The van der Waals surface area contributed by atoms with Crippen LogP contribution >= 0.6 is 31.9 Å². The van der Waals surface area contributed by atoms with Gasteiger partial charge in [0.2, 0.25) is 0 Å². The Morgan fingerprint density at radius 3 is 1.85 bits per heavy atom. The van der Waals surface area contributed by atoms with Crippen molar-refractivity contribution in [3.63, 3.8) is 0 Å². The van der Waals surface area contributed by atoms with Crippen LogP contribution in [0.25, 0.3) is 0 Å². The van der Waals surface area contributed by atoms with E-state index in [0.717, 1.165) is 11.8 Å². The summed E-state index contributed by atoms with van der Waals surface area (Å²) in [7, 11) is 0. The second-order valence-electron chi connectivity index (χ2n) is 3.97. The van der Waals surface area contributed by atoms with Crippen molar-refractivity contribution in [3.05, 3.63) is 35.4 Å². The van der Waals surface area contributed by atoms with Crippen molar-refractivity contribution < 1.29 is 0 Å². The molecule has 0 radical (unpaired) electrons. The Bertz CT molecular complexity index is 315. The number of benzene rings is 1. The van der Waals surface area contributed by atoms with Crippen LogP contribution in [0.1, 0.15) is 29.4 Å². The van der Waals surface area contributed by atoms with Gasteiger partial charge < -0.3 is 0 Å². The molecule has 0 aromatic heterocycles. The molecular weight excluding hydrogens is 292 g/mol. The highest BCUT2D eigenvalue weighted by molar-refractivity contribution is 9.12. The first-order chi connectivity index (χ1) is 6.29. The minimum Gasteiger partial charge on any atom is -0.0872 e. The Kier molecular flexibility index (Phi) is 1.85. The summed E-state index contributed by atoms with van der Waals surface area (Å²) in [5.74, 6) is 1.48. The van der Waals surface area contributed by atoms with E-state index in [-0.39, 0.29) is 0 Å². The molecule has 0 saturated heterocycles. The first-order valence-corrected chi connectivity index (χ1v) is 6.49. The van der Waals surface area contributed by atoms with E-state index in [4.69, 9.17) is 0 Å². The number of hydrogen-bond donors (Lipinski definition) is 0. The molecule has 0 aliphatic heterocycles. The summed E-state index contributed by atoms with van der Waals surface area (Å²) in [6.07, 6.45) is 1.32. The average molecular weight is 302 g/mol. The Hall–Kier alpha value is 0.180. The van der Waals surface area contributed by atoms with E-state index < -0.39 is 0 Å². The molecule has 4 unspecified atom stereocenters. The van der Waals surface area contributed by atoms with Gasteiger partial charge in [-0.2, -0.15) is 0 Å². The van der Waals surface area contributed by atoms with Crippen LogP contribution in [0.15, 0.2) is 24.3 Å². The van der Waals surface area contributed by atoms with E-state index in [1.807, 2.05) is 0 Å². The van der Waals surface area contributed by atoms with Gasteiger partial charge >= 0.3 is 0 Å². The summed E-state index contributed by atoms with van der Waals surface area (Å²) >= 11 is 7.57. The summed E-state index contributed by atoms with van der Waals surface area (Å²) in [6, 6.07) is 8.88. The molecule has 68 valence electrons. The molecule has 1 fully saturated rings. The highest BCUT2D eigenvalue weighted by Crippen LogP contribution is 2.57. The van der Waals surface area contributed by atoms with Gasteiger partial charge in [-0.3, -0.25) is 0 Å². The van der Waals surface area contributed by atoms with Gasteiger partial charge in [-0.15, -0.1) is 0 Å². The predicted molar refractivity (Wildman–Crippen MR) is 62.0 cm³/mol. The van der Waals surface area contributed by atoms with Crippen molar-refractivity contribution >= 4 is 31.9 Å². The van der Waals surface area contributed by atoms with Crippen molar-refractivity contribution in [3.8, 4) is 0 Å². The van der Waals surface area contributed by atoms with Gasteiger partial charge in [0.1, 0.15) is 0 Å². The number of halogens is 2. The molecule has 3 rings (SSSR count). The number of rotatable bonds is 0. The SMILES string of the molecule is BrC1C2CC(c3ccccc32)C1Br. The fourth-order valence-electron chi connectivity index (χ4n) is 2.76. The third-order valence-corrected chi connectivity index (χ3v) is 6.50. The molecule has 0 heterocycles. The van der Waals surface area contributed by atoms with E-state index in [9.17, 15) is 0 Å². The second kappa shape index (κ2) is 2.83. The number of alkyl halides is 2. The van der Waals surface area contributed by atoms with Gasteiger partial charge in [-0.1, -0.05) is 56.1 Å². The smallest absolute Gasteiger partial charge is 0.0345 e. The minimum atomic E-state index is 0.632. The Morgan fingerprint density at radius 1 is 0.923 bits per heavy atom. The predicted octanol–water partition coefficient (Wildman–Crippen LogP) is 3.80.